The van der Waals surface area contributed by atoms with Crippen molar-refractivity contribution in [2.24, 2.45) is 11.8 Å². The predicted molar refractivity (Wildman–Crippen MR) is 76.6 cm³/mol. The molecule has 2 heteroatoms. The van der Waals surface area contributed by atoms with Gasteiger partial charge in [0.15, 0.2) is 0 Å². The van der Waals surface area contributed by atoms with Crippen LogP contribution in [0.5, 0.6) is 0 Å². The van der Waals surface area contributed by atoms with Crippen molar-refractivity contribution in [1.29, 1.82) is 0 Å². The van der Waals surface area contributed by atoms with Crippen LogP contribution in [0.2, 0.25) is 0 Å². The standard InChI is InChI=1S/C16H31NO/c1-4-14-5-7-15(8-6-14)16(18)9-11-17(12-10-16)13(2)3/h13-15,18H,4-12H2,1-3H3. The molecule has 2 rings (SSSR count). The average molecular weight is 253 g/mol. The smallest absolute Gasteiger partial charge is 0.0700 e. The van der Waals surface area contributed by atoms with Crippen LogP contribution in [-0.2, 0) is 0 Å². The largest absolute Gasteiger partial charge is 0.390 e. The lowest BCUT2D eigenvalue weighted by Crippen LogP contribution is -2.51. The summed E-state index contributed by atoms with van der Waals surface area (Å²) in [5.41, 5.74) is -0.343. The van der Waals surface area contributed by atoms with Crippen LogP contribution < -0.4 is 0 Å². The molecule has 2 aliphatic rings. The maximum atomic E-state index is 10.9. The van der Waals surface area contributed by atoms with Crippen molar-refractivity contribution < 1.29 is 5.11 Å². The molecule has 1 N–H and O–H groups in total. The second-order valence-corrected chi connectivity index (χ2v) is 6.86. The second-order valence-electron chi connectivity index (χ2n) is 6.86. The Bertz CT molecular complexity index is 248. The summed E-state index contributed by atoms with van der Waals surface area (Å²) < 4.78 is 0. The Morgan fingerprint density at radius 3 is 2.11 bits per heavy atom. The van der Waals surface area contributed by atoms with Crippen molar-refractivity contribution in [1.82, 2.24) is 4.90 Å². The number of aliphatic hydroxyl groups is 1. The van der Waals surface area contributed by atoms with Gasteiger partial charge in [-0.25, -0.2) is 0 Å². The van der Waals surface area contributed by atoms with Gasteiger partial charge in [-0.05, 0) is 51.4 Å². The first kappa shape index (κ1) is 14.3. The molecule has 18 heavy (non-hydrogen) atoms. The fraction of sp³-hybridized carbons (Fsp3) is 1.00. The summed E-state index contributed by atoms with van der Waals surface area (Å²) in [4.78, 5) is 2.51. The number of piperidine rings is 1. The van der Waals surface area contributed by atoms with Crippen molar-refractivity contribution in [3.63, 3.8) is 0 Å². The maximum absolute atomic E-state index is 10.9. The average Bonchev–Trinajstić information content (AvgIpc) is 2.39. The topological polar surface area (TPSA) is 23.5 Å². The summed E-state index contributed by atoms with van der Waals surface area (Å²) in [6, 6.07) is 0.630. The van der Waals surface area contributed by atoms with Crippen LogP contribution in [0.4, 0.5) is 0 Å². The van der Waals surface area contributed by atoms with Gasteiger partial charge in [0, 0.05) is 19.1 Å². The van der Waals surface area contributed by atoms with E-state index in [1.165, 1.54) is 32.1 Å². The van der Waals surface area contributed by atoms with Crippen molar-refractivity contribution in [2.45, 2.75) is 77.4 Å². The third kappa shape index (κ3) is 3.08. The lowest BCUT2D eigenvalue weighted by atomic mass is 9.69. The summed E-state index contributed by atoms with van der Waals surface area (Å²) in [5, 5.41) is 10.9. The Morgan fingerprint density at radius 1 is 1.11 bits per heavy atom. The first-order valence-electron chi connectivity index (χ1n) is 8.01. The van der Waals surface area contributed by atoms with Gasteiger partial charge in [0.05, 0.1) is 5.60 Å². The van der Waals surface area contributed by atoms with Gasteiger partial charge < -0.3 is 10.0 Å². The summed E-state index contributed by atoms with van der Waals surface area (Å²) >= 11 is 0. The van der Waals surface area contributed by atoms with E-state index < -0.39 is 0 Å². The molecule has 1 heterocycles. The lowest BCUT2D eigenvalue weighted by Gasteiger charge is -2.46. The summed E-state index contributed by atoms with van der Waals surface area (Å²) in [5.74, 6) is 1.51. The van der Waals surface area contributed by atoms with Crippen LogP contribution in [-0.4, -0.2) is 34.7 Å². The molecule has 2 fully saturated rings. The maximum Gasteiger partial charge on any atom is 0.0700 e. The monoisotopic (exact) mass is 253 g/mol. The molecule has 0 unspecified atom stereocenters. The number of likely N-dealkylation sites (tertiary alicyclic amines) is 1. The van der Waals surface area contributed by atoms with E-state index in [1.54, 1.807) is 0 Å². The molecule has 1 saturated carbocycles. The molecule has 1 aliphatic carbocycles. The quantitative estimate of drug-likeness (QED) is 0.833. The third-order valence-electron chi connectivity index (χ3n) is 5.58. The molecule has 1 saturated heterocycles. The van der Waals surface area contributed by atoms with E-state index in [4.69, 9.17) is 0 Å². The minimum Gasteiger partial charge on any atom is -0.390 e. The fourth-order valence-corrected chi connectivity index (χ4v) is 3.94. The van der Waals surface area contributed by atoms with E-state index in [1.807, 2.05) is 0 Å². The fourth-order valence-electron chi connectivity index (χ4n) is 3.94. The molecule has 1 aliphatic heterocycles. The minimum absolute atomic E-state index is 0.343. The third-order valence-corrected chi connectivity index (χ3v) is 5.58. The van der Waals surface area contributed by atoms with Gasteiger partial charge in [-0.3, -0.25) is 0 Å². The zero-order chi connectivity index (χ0) is 13.2. The molecule has 0 bridgehead atoms. The number of rotatable bonds is 3. The summed E-state index contributed by atoms with van der Waals surface area (Å²) in [6.07, 6.45) is 8.52. The zero-order valence-electron chi connectivity index (χ0n) is 12.5. The Labute approximate surface area is 113 Å². The Balaban J connectivity index is 1.86. The van der Waals surface area contributed by atoms with Gasteiger partial charge in [-0.2, -0.15) is 0 Å². The highest BCUT2D eigenvalue weighted by Crippen LogP contribution is 2.41. The predicted octanol–water partition coefficient (Wildman–Crippen LogP) is 3.44. The number of hydrogen-bond donors (Lipinski definition) is 1. The van der Waals surface area contributed by atoms with Gasteiger partial charge in [0.25, 0.3) is 0 Å². The highest BCUT2D eigenvalue weighted by Gasteiger charge is 2.41. The van der Waals surface area contributed by atoms with E-state index >= 15 is 0 Å². The first-order chi connectivity index (χ1) is 8.55. The van der Waals surface area contributed by atoms with Crippen LogP contribution in [0.1, 0.15) is 65.7 Å². The molecule has 0 atom stereocenters. The molecule has 0 amide bonds. The Morgan fingerprint density at radius 2 is 1.67 bits per heavy atom. The van der Waals surface area contributed by atoms with Gasteiger partial charge in [-0.15, -0.1) is 0 Å². The van der Waals surface area contributed by atoms with Crippen LogP contribution in [0.25, 0.3) is 0 Å². The highest BCUT2D eigenvalue weighted by atomic mass is 16.3. The van der Waals surface area contributed by atoms with Crippen LogP contribution in [0.3, 0.4) is 0 Å². The van der Waals surface area contributed by atoms with Crippen molar-refractivity contribution in [3.05, 3.63) is 0 Å². The van der Waals surface area contributed by atoms with Gasteiger partial charge in [-0.1, -0.05) is 26.2 Å². The minimum atomic E-state index is -0.343. The molecule has 0 aromatic carbocycles. The van der Waals surface area contributed by atoms with Crippen molar-refractivity contribution in [3.8, 4) is 0 Å². The van der Waals surface area contributed by atoms with Crippen LogP contribution in [0.15, 0.2) is 0 Å². The zero-order valence-corrected chi connectivity index (χ0v) is 12.5. The van der Waals surface area contributed by atoms with E-state index in [-0.39, 0.29) is 5.60 Å². The number of hydrogen-bond acceptors (Lipinski definition) is 2. The van der Waals surface area contributed by atoms with Crippen LogP contribution in [0, 0.1) is 11.8 Å². The van der Waals surface area contributed by atoms with E-state index in [2.05, 4.69) is 25.7 Å². The van der Waals surface area contributed by atoms with Crippen molar-refractivity contribution in [2.75, 3.05) is 13.1 Å². The molecule has 2 nitrogen and oxygen atoms in total. The van der Waals surface area contributed by atoms with Gasteiger partial charge in [0.1, 0.15) is 0 Å². The molecule has 0 aromatic heterocycles. The van der Waals surface area contributed by atoms with E-state index in [9.17, 15) is 5.11 Å². The highest BCUT2D eigenvalue weighted by molar-refractivity contribution is 4.94. The Kier molecular flexibility index (Phi) is 4.71. The normalized spacial score (nSPS) is 33.8. The molecule has 0 spiro atoms. The number of nitrogens with zero attached hydrogens (tertiary/aromatic N) is 1. The SMILES string of the molecule is CCC1CCC(C2(O)CCN(C(C)C)CC2)CC1. The van der Waals surface area contributed by atoms with E-state index in [0.717, 1.165) is 31.8 Å². The van der Waals surface area contributed by atoms with Crippen molar-refractivity contribution >= 4 is 0 Å². The van der Waals surface area contributed by atoms with Crippen LogP contribution >= 0.6 is 0 Å². The summed E-state index contributed by atoms with van der Waals surface area (Å²) in [7, 11) is 0. The molecule has 0 aromatic rings. The van der Waals surface area contributed by atoms with Gasteiger partial charge >= 0.3 is 0 Å². The van der Waals surface area contributed by atoms with Gasteiger partial charge in [0.2, 0.25) is 0 Å². The molecular formula is C16H31NO. The Hall–Kier alpha value is -0.0800. The lowest BCUT2D eigenvalue weighted by molar-refractivity contribution is -0.0847. The molecular weight excluding hydrogens is 222 g/mol. The molecule has 106 valence electrons. The molecule has 0 radical (unpaired) electrons. The van der Waals surface area contributed by atoms with E-state index in [0.29, 0.717) is 12.0 Å². The first-order valence-corrected chi connectivity index (χ1v) is 8.01. The summed E-state index contributed by atoms with van der Waals surface area (Å²) in [6.45, 7) is 9.00. The second kappa shape index (κ2) is 5.92.